The van der Waals surface area contributed by atoms with Crippen LogP contribution >= 0.6 is 11.6 Å². The first-order chi connectivity index (χ1) is 9.61. The Morgan fingerprint density at radius 1 is 1.50 bits per heavy atom. The number of methoxy groups -OCH3 is 1. The number of ether oxygens (including phenoxy) is 1. The van der Waals surface area contributed by atoms with Gasteiger partial charge >= 0.3 is 0 Å². The summed E-state index contributed by atoms with van der Waals surface area (Å²) in [6, 6.07) is 0. The first kappa shape index (κ1) is 14.5. The second kappa shape index (κ2) is 6.53. The second-order valence-electron chi connectivity index (χ2n) is 4.11. The van der Waals surface area contributed by atoms with Gasteiger partial charge in [0.1, 0.15) is 10.8 Å². The molecule has 2 rings (SSSR count). The fraction of sp³-hybridized carbons (Fsp3) is 0.417. The zero-order valence-corrected chi connectivity index (χ0v) is 12.0. The number of aryl methyl sites for hydroxylation is 1. The molecule has 0 bridgehead atoms. The quantitative estimate of drug-likeness (QED) is 0.869. The fourth-order valence-corrected chi connectivity index (χ4v) is 1.79. The van der Waals surface area contributed by atoms with Gasteiger partial charge in [-0.25, -0.2) is 9.67 Å². The molecule has 20 heavy (non-hydrogen) atoms. The van der Waals surface area contributed by atoms with Crippen molar-refractivity contribution in [3.8, 4) is 0 Å². The van der Waals surface area contributed by atoms with Crippen LogP contribution in [0.3, 0.4) is 0 Å². The molecule has 0 aliphatic rings. The summed E-state index contributed by atoms with van der Waals surface area (Å²) in [6.45, 7) is 2.89. The monoisotopic (exact) mass is 298 g/mol. The Balaban J connectivity index is 2.09. The molecule has 0 aliphatic heterocycles. The van der Waals surface area contributed by atoms with Gasteiger partial charge in [-0.05, 0) is 6.92 Å². The molecule has 2 aromatic rings. The van der Waals surface area contributed by atoms with Crippen molar-refractivity contribution in [1.82, 2.24) is 14.8 Å². The van der Waals surface area contributed by atoms with Gasteiger partial charge in [0.05, 0.1) is 37.8 Å². The SMILES string of the molecule is COCCn1ncc(NCc2ncc(C)o2)c(Cl)c1=O. The number of oxazole rings is 1. The van der Waals surface area contributed by atoms with Gasteiger partial charge in [0.15, 0.2) is 0 Å². The molecule has 0 fully saturated rings. The Morgan fingerprint density at radius 2 is 2.30 bits per heavy atom. The normalized spacial score (nSPS) is 10.8. The Labute approximate surface area is 120 Å². The van der Waals surface area contributed by atoms with E-state index in [0.29, 0.717) is 31.3 Å². The average Bonchev–Trinajstić information content (AvgIpc) is 2.85. The van der Waals surface area contributed by atoms with Crippen molar-refractivity contribution in [2.75, 3.05) is 19.0 Å². The maximum absolute atomic E-state index is 11.9. The van der Waals surface area contributed by atoms with Crippen LogP contribution in [0.4, 0.5) is 5.69 Å². The lowest BCUT2D eigenvalue weighted by atomic mass is 10.4. The van der Waals surface area contributed by atoms with Gasteiger partial charge in [-0.15, -0.1) is 0 Å². The Bertz CT molecular complexity index is 638. The van der Waals surface area contributed by atoms with E-state index in [9.17, 15) is 4.79 Å². The van der Waals surface area contributed by atoms with Crippen LogP contribution in [-0.2, 0) is 17.8 Å². The first-order valence-electron chi connectivity index (χ1n) is 6.01. The molecule has 7 nitrogen and oxygen atoms in total. The van der Waals surface area contributed by atoms with Crippen molar-refractivity contribution in [2.24, 2.45) is 0 Å². The molecule has 0 unspecified atom stereocenters. The van der Waals surface area contributed by atoms with Gasteiger partial charge in [0, 0.05) is 7.11 Å². The van der Waals surface area contributed by atoms with E-state index in [1.54, 1.807) is 13.3 Å². The van der Waals surface area contributed by atoms with Gasteiger partial charge in [0.2, 0.25) is 5.89 Å². The number of rotatable bonds is 6. The van der Waals surface area contributed by atoms with E-state index >= 15 is 0 Å². The third-order valence-electron chi connectivity index (χ3n) is 2.59. The summed E-state index contributed by atoms with van der Waals surface area (Å²) in [5, 5.41) is 7.07. The van der Waals surface area contributed by atoms with Crippen LogP contribution in [0, 0.1) is 6.92 Å². The molecule has 8 heteroatoms. The van der Waals surface area contributed by atoms with Gasteiger partial charge in [-0.2, -0.15) is 5.10 Å². The summed E-state index contributed by atoms with van der Waals surface area (Å²) in [6.07, 6.45) is 3.12. The third kappa shape index (κ3) is 3.37. The smallest absolute Gasteiger partial charge is 0.287 e. The Hall–Kier alpha value is -1.86. The van der Waals surface area contributed by atoms with Crippen molar-refractivity contribution in [2.45, 2.75) is 20.0 Å². The molecule has 0 aliphatic carbocycles. The molecule has 0 aromatic carbocycles. The molecule has 1 N–H and O–H groups in total. The zero-order valence-electron chi connectivity index (χ0n) is 11.2. The lowest BCUT2D eigenvalue weighted by Crippen LogP contribution is -2.26. The lowest BCUT2D eigenvalue weighted by Gasteiger charge is -2.08. The van der Waals surface area contributed by atoms with Crippen molar-refractivity contribution < 1.29 is 9.15 Å². The average molecular weight is 299 g/mol. The third-order valence-corrected chi connectivity index (χ3v) is 2.96. The van der Waals surface area contributed by atoms with E-state index in [2.05, 4.69) is 15.4 Å². The van der Waals surface area contributed by atoms with Crippen LogP contribution in [-0.4, -0.2) is 28.5 Å². The summed E-state index contributed by atoms with van der Waals surface area (Å²) in [5.41, 5.74) is 0.0819. The van der Waals surface area contributed by atoms with Gasteiger partial charge in [-0.3, -0.25) is 4.79 Å². The van der Waals surface area contributed by atoms with E-state index in [1.165, 1.54) is 10.9 Å². The van der Waals surface area contributed by atoms with Crippen molar-refractivity contribution >= 4 is 17.3 Å². The first-order valence-corrected chi connectivity index (χ1v) is 6.39. The fourth-order valence-electron chi connectivity index (χ4n) is 1.58. The minimum absolute atomic E-state index is 0.0828. The van der Waals surface area contributed by atoms with E-state index in [-0.39, 0.29) is 10.6 Å². The molecule has 0 saturated heterocycles. The molecule has 0 saturated carbocycles. The molecule has 2 aromatic heterocycles. The minimum atomic E-state index is -0.364. The maximum atomic E-state index is 11.9. The van der Waals surface area contributed by atoms with Crippen molar-refractivity contribution in [1.29, 1.82) is 0 Å². The van der Waals surface area contributed by atoms with Crippen molar-refractivity contribution in [3.63, 3.8) is 0 Å². The predicted molar refractivity (Wildman–Crippen MR) is 73.9 cm³/mol. The van der Waals surface area contributed by atoms with E-state index in [0.717, 1.165) is 5.76 Å². The highest BCUT2D eigenvalue weighted by molar-refractivity contribution is 6.32. The van der Waals surface area contributed by atoms with Gasteiger partial charge in [0.25, 0.3) is 5.56 Å². The largest absolute Gasteiger partial charge is 0.444 e. The molecule has 108 valence electrons. The highest BCUT2D eigenvalue weighted by atomic mass is 35.5. The molecule has 0 spiro atoms. The predicted octanol–water partition coefficient (Wildman–Crippen LogP) is 1.45. The summed E-state index contributed by atoms with van der Waals surface area (Å²) in [4.78, 5) is 16.0. The van der Waals surface area contributed by atoms with Gasteiger partial charge in [-0.1, -0.05) is 11.6 Å². The highest BCUT2D eigenvalue weighted by Crippen LogP contribution is 2.16. The van der Waals surface area contributed by atoms with Crippen LogP contribution in [0.1, 0.15) is 11.7 Å². The lowest BCUT2D eigenvalue weighted by molar-refractivity contribution is 0.182. The van der Waals surface area contributed by atoms with Crippen LogP contribution in [0.15, 0.2) is 21.6 Å². The number of nitrogens with zero attached hydrogens (tertiary/aromatic N) is 3. The number of nitrogens with one attached hydrogen (secondary N) is 1. The number of halogens is 1. The van der Waals surface area contributed by atoms with Crippen LogP contribution in [0.2, 0.25) is 5.02 Å². The summed E-state index contributed by atoms with van der Waals surface area (Å²) >= 11 is 6.02. The molecule has 0 radical (unpaired) electrons. The van der Waals surface area contributed by atoms with E-state index < -0.39 is 0 Å². The standard InChI is InChI=1S/C12H15ClN4O3/c1-8-5-15-10(20-8)7-14-9-6-16-17(3-4-19-2)12(18)11(9)13/h5-6,14H,3-4,7H2,1-2H3. The summed E-state index contributed by atoms with van der Waals surface area (Å²) in [5.74, 6) is 1.24. The van der Waals surface area contributed by atoms with E-state index in [1.807, 2.05) is 6.92 Å². The molecule has 2 heterocycles. The number of hydrogen-bond acceptors (Lipinski definition) is 6. The van der Waals surface area contributed by atoms with Gasteiger partial charge < -0.3 is 14.5 Å². The van der Waals surface area contributed by atoms with E-state index in [4.69, 9.17) is 20.8 Å². The summed E-state index contributed by atoms with van der Waals surface area (Å²) < 4.78 is 11.5. The topological polar surface area (TPSA) is 82.2 Å². The zero-order chi connectivity index (χ0) is 14.5. The Kier molecular flexibility index (Phi) is 4.75. The Morgan fingerprint density at radius 3 is 2.95 bits per heavy atom. The van der Waals surface area contributed by atoms with Crippen LogP contribution < -0.4 is 10.9 Å². The highest BCUT2D eigenvalue weighted by Gasteiger charge is 2.10. The molecule has 0 amide bonds. The number of aromatic nitrogens is 3. The van der Waals surface area contributed by atoms with Crippen molar-refractivity contribution in [3.05, 3.63) is 39.4 Å². The van der Waals surface area contributed by atoms with Crippen LogP contribution in [0.25, 0.3) is 0 Å². The number of hydrogen-bond donors (Lipinski definition) is 1. The molecular formula is C12H15ClN4O3. The molecular weight excluding hydrogens is 284 g/mol. The second-order valence-corrected chi connectivity index (χ2v) is 4.49. The maximum Gasteiger partial charge on any atom is 0.287 e. The van der Waals surface area contributed by atoms with Crippen LogP contribution in [0.5, 0.6) is 0 Å². The number of anilines is 1. The minimum Gasteiger partial charge on any atom is -0.444 e. The molecule has 0 atom stereocenters. The summed E-state index contributed by atoms with van der Waals surface area (Å²) in [7, 11) is 1.56.